The molecule has 5 atom stereocenters. The van der Waals surface area contributed by atoms with E-state index in [-0.39, 0.29) is 0 Å². The second kappa shape index (κ2) is 5.04. The van der Waals surface area contributed by atoms with Crippen LogP contribution >= 0.6 is 0 Å². The van der Waals surface area contributed by atoms with E-state index in [1.165, 1.54) is 38.9 Å². The van der Waals surface area contributed by atoms with Crippen molar-refractivity contribution >= 4 is 0 Å². The van der Waals surface area contributed by atoms with Gasteiger partial charge in [-0.25, -0.2) is 0 Å². The molecule has 5 unspecified atom stereocenters. The first-order valence-electron chi connectivity index (χ1n) is 8.81. The van der Waals surface area contributed by atoms with E-state index in [0.29, 0.717) is 0 Å². The first-order chi connectivity index (χ1) is 9.33. The summed E-state index contributed by atoms with van der Waals surface area (Å²) in [7, 11) is 0. The number of nitrogens with one attached hydrogen (secondary N) is 1. The molecular formula is C17H30N2. The fourth-order valence-corrected chi connectivity index (χ4v) is 5.23. The molecule has 3 aliphatic carbocycles. The first-order valence-corrected chi connectivity index (χ1v) is 8.81. The van der Waals surface area contributed by atoms with E-state index in [1.807, 2.05) is 0 Å². The topological polar surface area (TPSA) is 15.3 Å². The Kier molecular flexibility index (Phi) is 3.35. The van der Waals surface area contributed by atoms with E-state index in [0.717, 1.165) is 35.8 Å². The van der Waals surface area contributed by atoms with Crippen LogP contribution in [0.3, 0.4) is 0 Å². The Morgan fingerprint density at radius 1 is 1.05 bits per heavy atom. The lowest BCUT2D eigenvalue weighted by Crippen LogP contribution is -2.58. The van der Waals surface area contributed by atoms with Gasteiger partial charge in [-0.3, -0.25) is 4.90 Å². The summed E-state index contributed by atoms with van der Waals surface area (Å²) in [5.41, 5.74) is 0. The second-order valence-electron chi connectivity index (χ2n) is 7.81. The van der Waals surface area contributed by atoms with Crippen molar-refractivity contribution in [2.75, 3.05) is 19.6 Å². The second-order valence-corrected chi connectivity index (χ2v) is 7.81. The number of hydrogen-bond acceptors (Lipinski definition) is 2. The van der Waals surface area contributed by atoms with Crippen molar-refractivity contribution in [3.8, 4) is 0 Å². The summed E-state index contributed by atoms with van der Waals surface area (Å²) in [6.45, 7) is 6.36. The van der Waals surface area contributed by atoms with Crippen LogP contribution in [0.15, 0.2) is 0 Å². The van der Waals surface area contributed by atoms with Gasteiger partial charge in [0.25, 0.3) is 0 Å². The summed E-state index contributed by atoms with van der Waals surface area (Å²) < 4.78 is 0. The van der Waals surface area contributed by atoms with Crippen molar-refractivity contribution in [3.05, 3.63) is 0 Å². The van der Waals surface area contributed by atoms with Crippen molar-refractivity contribution in [1.29, 1.82) is 0 Å². The molecule has 1 aliphatic heterocycles. The Morgan fingerprint density at radius 2 is 1.89 bits per heavy atom. The van der Waals surface area contributed by atoms with Crippen LogP contribution in [0.4, 0.5) is 0 Å². The number of rotatable bonds is 4. The van der Waals surface area contributed by atoms with Crippen molar-refractivity contribution in [2.24, 2.45) is 23.7 Å². The highest BCUT2D eigenvalue weighted by molar-refractivity contribution is 4.98. The lowest BCUT2D eigenvalue weighted by Gasteiger charge is -2.43. The molecule has 4 fully saturated rings. The van der Waals surface area contributed by atoms with Crippen LogP contribution in [0.2, 0.25) is 0 Å². The summed E-state index contributed by atoms with van der Waals surface area (Å²) in [5, 5.41) is 3.79. The van der Waals surface area contributed by atoms with E-state index in [4.69, 9.17) is 0 Å². The van der Waals surface area contributed by atoms with Gasteiger partial charge in [0.05, 0.1) is 0 Å². The molecule has 1 N–H and O–H groups in total. The molecule has 0 amide bonds. The van der Waals surface area contributed by atoms with Gasteiger partial charge in [-0.15, -0.1) is 0 Å². The minimum atomic E-state index is 0.758. The SMILES string of the molecule is CCC1CN(CC2CC3CCC2C3)C(C2CC2)CN1. The third kappa shape index (κ3) is 2.47. The van der Waals surface area contributed by atoms with Gasteiger partial charge in [-0.05, 0) is 62.2 Å². The number of hydrogen-bond donors (Lipinski definition) is 1. The van der Waals surface area contributed by atoms with E-state index < -0.39 is 0 Å². The molecule has 4 aliphatic rings. The third-order valence-electron chi connectivity index (χ3n) is 6.55. The monoisotopic (exact) mass is 262 g/mol. The molecule has 0 radical (unpaired) electrons. The van der Waals surface area contributed by atoms with Crippen molar-refractivity contribution in [3.63, 3.8) is 0 Å². The van der Waals surface area contributed by atoms with Gasteiger partial charge in [0, 0.05) is 31.7 Å². The Morgan fingerprint density at radius 3 is 2.53 bits per heavy atom. The smallest absolute Gasteiger partial charge is 0.0249 e. The molecule has 19 heavy (non-hydrogen) atoms. The molecule has 0 aromatic carbocycles. The van der Waals surface area contributed by atoms with Crippen LogP contribution in [0.25, 0.3) is 0 Å². The van der Waals surface area contributed by atoms with Crippen LogP contribution in [-0.2, 0) is 0 Å². The molecule has 3 saturated carbocycles. The number of fused-ring (bicyclic) bond motifs is 2. The van der Waals surface area contributed by atoms with E-state index in [1.54, 1.807) is 25.7 Å². The molecule has 2 nitrogen and oxygen atoms in total. The fourth-order valence-electron chi connectivity index (χ4n) is 5.23. The molecular weight excluding hydrogens is 232 g/mol. The van der Waals surface area contributed by atoms with Crippen LogP contribution < -0.4 is 5.32 Å². The van der Waals surface area contributed by atoms with E-state index in [2.05, 4.69) is 17.1 Å². The van der Waals surface area contributed by atoms with Crippen molar-refractivity contribution in [1.82, 2.24) is 10.2 Å². The predicted molar refractivity (Wildman–Crippen MR) is 79.1 cm³/mol. The number of nitrogens with zero attached hydrogens (tertiary/aromatic N) is 1. The van der Waals surface area contributed by atoms with Gasteiger partial charge in [0.1, 0.15) is 0 Å². The van der Waals surface area contributed by atoms with Gasteiger partial charge < -0.3 is 5.32 Å². The maximum atomic E-state index is 3.79. The predicted octanol–water partition coefficient (Wildman–Crippen LogP) is 2.89. The third-order valence-corrected chi connectivity index (χ3v) is 6.55. The Balaban J connectivity index is 1.41. The van der Waals surface area contributed by atoms with Crippen LogP contribution in [-0.4, -0.2) is 36.6 Å². The Bertz CT molecular complexity index is 325. The molecule has 1 heterocycles. The number of piperazine rings is 1. The fraction of sp³-hybridized carbons (Fsp3) is 1.00. The molecule has 2 heteroatoms. The van der Waals surface area contributed by atoms with Crippen LogP contribution in [0.5, 0.6) is 0 Å². The average molecular weight is 262 g/mol. The minimum absolute atomic E-state index is 0.758. The zero-order valence-corrected chi connectivity index (χ0v) is 12.5. The normalized spacial score (nSPS) is 46.9. The zero-order chi connectivity index (χ0) is 12.8. The molecule has 4 rings (SSSR count). The van der Waals surface area contributed by atoms with Gasteiger partial charge >= 0.3 is 0 Å². The van der Waals surface area contributed by atoms with Gasteiger partial charge in [-0.1, -0.05) is 13.3 Å². The summed E-state index contributed by atoms with van der Waals surface area (Å²) in [4.78, 5) is 2.91. The molecule has 0 aromatic heterocycles. The highest BCUT2D eigenvalue weighted by Gasteiger charge is 2.43. The summed E-state index contributed by atoms with van der Waals surface area (Å²) >= 11 is 0. The zero-order valence-electron chi connectivity index (χ0n) is 12.5. The van der Waals surface area contributed by atoms with Gasteiger partial charge in [0.2, 0.25) is 0 Å². The standard InChI is InChI=1S/C17H30N2/c1-2-16-11-19(17(9-18-16)13-5-6-13)10-15-8-12-3-4-14(15)7-12/h12-18H,2-11H2,1H3. The maximum Gasteiger partial charge on any atom is 0.0249 e. The molecule has 0 aromatic rings. The minimum Gasteiger partial charge on any atom is -0.311 e. The van der Waals surface area contributed by atoms with Crippen LogP contribution in [0.1, 0.15) is 51.9 Å². The first kappa shape index (κ1) is 12.6. The van der Waals surface area contributed by atoms with Crippen molar-refractivity contribution in [2.45, 2.75) is 64.0 Å². The van der Waals surface area contributed by atoms with E-state index >= 15 is 0 Å². The summed E-state index contributed by atoms with van der Waals surface area (Å²) in [6, 6.07) is 1.63. The van der Waals surface area contributed by atoms with Gasteiger partial charge in [0.15, 0.2) is 0 Å². The summed E-state index contributed by atoms with van der Waals surface area (Å²) in [6.07, 6.45) is 10.5. The van der Waals surface area contributed by atoms with Crippen molar-refractivity contribution < 1.29 is 0 Å². The highest BCUT2D eigenvalue weighted by atomic mass is 15.2. The van der Waals surface area contributed by atoms with E-state index in [9.17, 15) is 0 Å². The lowest BCUT2D eigenvalue weighted by molar-refractivity contribution is 0.0819. The highest BCUT2D eigenvalue weighted by Crippen LogP contribution is 2.49. The Labute approximate surface area is 118 Å². The molecule has 108 valence electrons. The van der Waals surface area contributed by atoms with Crippen LogP contribution in [0, 0.1) is 23.7 Å². The lowest BCUT2D eigenvalue weighted by atomic mass is 9.87. The largest absolute Gasteiger partial charge is 0.311 e. The molecule has 0 spiro atoms. The maximum absolute atomic E-state index is 3.79. The molecule has 2 bridgehead atoms. The Hall–Kier alpha value is -0.0800. The molecule has 1 saturated heterocycles. The quantitative estimate of drug-likeness (QED) is 0.838. The van der Waals surface area contributed by atoms with Gasteiger partial charge in [-0.2, -0.15) is 0 Å². The average Bonchev–Trinajstić information content (AvgIpc) is 3.07. The summed E-state index contributed by atoms with van der Waals surface area (Å²) in [5.74, 6) is 4.29.